The largest absolute Gasteiger partial charge is 0.405 e. The van der Waals surface area contributed by atoms with Crippen molar-refractivity contribution in [3.05, 3.63) is 46.7 Å². The van der Waals surface area contributed by atoms with E-state index in [-0.39, 0.29) is 16.5 Å². The van der Waals surface area contributed by atoms with Crippen LogP contribution in [0.1, 0.15) is 34.8 Å². The Labute approximate surface area is 194 Å². The van der Waals surface area contributed by atoms with Crippen LogP contribution in [0.4, 0.5) is 19.0 Å². The Morgan fingerprint density at radius 1 is 1.27 bits per heavy atom. The number of amides is 1. The minimum absolute atomic E-state index is 0.00946. The van der Waals surface area contributed by atoms with Crippen molar-refractivity contribution in [1.82, 2.24) is 20.2 Å². The number of alkyl halides is 3. The summed E-state index contributed by atoms with van der Waals surface area (Å²) in [4.78, 5) is 17.2. The molecule has 10 heteroatoms. The van der Waals surface area contributed by atoms with E-state index in [1.54, 1.807) is 25.4 Å². The summed E-state index contributed by atoms with van der Waals surface area (Å²) < 4.78 is 39.8. The molecule has 1 fully saturated rings. The van der Waals surface area contributed by atoms with Crippen molar-refractivity contribution in [2.45, 2.75) is 24.9 Å². The van der Waals surface area contributed by atoms with Crippen molar-refractivity contribution < 1.29 is 18.0 Å². The van der Waals surface area contributed by atoms with Crippen LogP contribution in [0, 0.1) is 0 Å². The number of benzene rings is 1. The zero-order valence-corrected chi connectivity index (χ0v) is 19.1. The number of aromatic nitrogens is 2. The number of hydrogen-bond acceptors (Lipinski definition) is 4. The Morgan fingerprint density at radius 3 is 2.67 bits per heavy atom. The zero-order chi connectivity index (χ0) is 23.8. The molecular weight excluding hydrogens is 455 g/mol. The minimum atomic E-state index is -4.51. The number of nitrogens with zero attached hydrogens (tertiary/aromatic N) is 2. The van der Waals surface area contributed by atoms with Crippen LogP contribution in [0.15, 0.2) is 30.5 Å². The monoisotopic (exact) mass is 479 g/mol. The standard InChI is InChI=1S/C23H25ClF3N5O/c1-28-21-17(14-4-3-5-15(19(14)24)22(33)31-12-23(25,26)27)18-16(32(21)2)8-11-30-20(18)13-6-9-29-10-7-13/h3-5,8,11,13,28-29H,6-7,9-10,12H2,1-2H3,(H,31,33). The Morgan fingerprint density at radius 2 is 2.00 bits per heavy atom. The first kappa shape index (κ1) is 23.4. The number of carbonyl (C=O) groups excluding carboxylic acids is 1. The van der Waals surface area contributed by atoms with Crippen LogP contribution in [-0.2, 0) is 7.05 Å². The van der Waals surface area contributed by atoms with Crippen molar-refractivity contribution in [2.24, 2.45) is 7.05 Å². The van der Waals surface area contributed by atoms with Gasteiger partial charge in [-0.3, -0.25) is 9.78 Å². The number of hydrogen-bond donors (Lipinski definition) is 3. The van der Waals surface area contributed by atoms with Gasteiger partial charge in [0, 0.05) is 42.7 Å². The van der Waals surface area contributed by atoms with E-state index in [2.05, 4.69) is 10.6 Å². The second-order valence-electron chi connectivity index (χ2n) is 8.11. The Hall–Kier alpha value is -2.78. The first-order valence-electron chi connectivity index (χ1n) is 10.7. The van der Waals surface area contributed by atoms with Gasteiger partial charge in [0.1, 0.15) is 12.4 Å². The Balaban J connectivity index is 1.88. The fraction of sp³-hybridized carbons (Fsp3) is 0.391. The van der Waals surface area contributed by atoms with Gasteiger partial charge in [0.05, 0.1) is 21.8 Å². The molecule has 0 radical (unpaired) electrons. The van der Waals surface area contributed by atoms with Gasteiger partial charge < -0.3 is 20.5 Å². The number of anilines is 1. The van der Waals surface area contributed by atoms with E-state index in [9.17, 15) is 18.0 Å². The molecule has 0 atom stereocenters. The first-order valence-corrected chi connectivity index (χ1v) is 11.1. The van der Waals surface area contributed by atoms with Gasteiger partial charge in [-0.2, -0.15) is 13.2 Å². The number of fused-ring (bicyclic) bond motifs is 1. The van der Waals surface area contributed by atoms with E-state index in [0.717, 1.165) is 53.9 Å². The quantitative estimate of drug-likeness (QED) is 0.496. The van der Waals surface area contributed by atoms with Gasteiger partial charge >= 0.3 is 6.18 Å². The lowest BCUT2D eigenvalue weighted by Gasteiger charge is -2.23. The lowest BCUT2D eigenvalue weighted by Crippen LogP contribution is -2.33. The molecule has 176 valence electrons. The van der Waals surface area contributed by atoms with Crippen LogP contribution in [0.3, 0.4) is 0 Å². The molecule has 1 amide bonds. The molecule has 4 rings (SSSR count). The Bertz CT molecular complexity index is 1190. The van der Waals surface area contributed by atoms with E-state index in [1.165, 1.54) is 6.07 Å². The number of aryl methyl sites for hydroxylation is 1. The van der Waals surface area contributed by atoms with Crippen LogP contribution in [0.2, 0.25) is 5.02 Å². The maximum atomic E-state index is 12.6. The van der Waals surface area contributed by atoms with Crippen molar-refractivity contribution >= 4 is 34.2 Å². The summed E-state index contributed by atoms with van der Waals surface area (Å²) in [5.41, 5.74) is 3.26. The molecule has 0 aliphatic carbocycles. The third-order valence-corrected chi connectivity index (χ3v) is 6.47. The van der Waals surface area contributed by atoms with Crippen molar-refractivity contribution in [3.8, 4) is 11.1 Å². The summed E-state index contributed by atoms with van der Waals surface area (Å²) in [6.07, 6.45) is -0.818. The molecule has 0 unspecified atom stereocenters. The predicted octanol–water partition coefficient (Wildman–Crippen LogP) is 4.69. The lowest BCUT2D eigenvalue weighted by atomic mass is 9.89. The van der Waals surface area contributed by atoms with Gasteiger partial charge in [0.15, 0.2) is 0 Å². The first-order chi connectivity index (χ1) is 15.7. The highest BCUT2D eigenvalue weighted by Gasteiger charge is 2.30. The summed E-state index contributed by atoms with van der Waals surface area (Å²) in [7, 11) is 3.72. The molecule has 0 spiro atoms. The molecule has 2 aromatic heterocycles. The summed E-state index contributed by atoms with van der Waals surface area (Å²) in [5.74, 6) is 0.169. The topological polar surface area (TPSA) is 71.0 Å². The van der Waals surface area contributed by atoms with Gasteiger partial charge in [-0.1, -0.05) is 23.7 Å². The maximum absolute atomic E-state index is 12.6. The number of pyridine rings is 1. The van der Waals surface area contributed by atoms with E-state index < -0.39 is 18.6 Å². The average molecular weight is 480 g/mol. The molecule has 6 nitrogen and oxygen atoms in total. The predicted molar refractivity (Wildman–Crippen MR) is 124 cm³/mol. The molecule has 3 N–H and O–H groups in total. The molecule has 1 aromatic carbocycles. The van der Waals surface area contributed by atoms with Crippen LogP contribution < -0.4 is 16.0 Å². The normalized spacial score (nSPS) is 15.1. The maximum Gasteiger partial charge on any atom is 0.405 e. The second kappa shape index (κ2) is 9.23. The van der Waals surface area contributed by atoms with Crippen LogP contribution in [-0.4, -0.2) is 48.3 Å². The summed E-state index contributed by atoms with van der Waals surface area (Å²) >= 11 is 6.66. The van der Waals surface area contributed by atoms with Crippen LogP contribution in [0.5, 0.6) is 0 Å². The Kier molecular flexibility index (Phi) is 6.54. The van der Waals surface area contributed by atoms with Crippen molar-refractivity contribution in [3.63, 3.8) is 0 Å². The summed E-state index contributed by atoms with van der Waals surface area (Å²) in [5, 5.41) is 9.52. The van der Waals surface area contributed by atoms with Gasteiger partial charge in [-0.25, -0.2) is 0 Å². The zero-order valence-electron chi connectivity index (χ0n) is 18.3. The van der Waals surface area contributed by atoms with Crippen LogP contribution in [0.25, 0.3) is 22.0 Å². The van der Waals surface area contributed by atoms with Gasteiger partial charge in [-0.15, -0.1) is 0 Å². The fourth-order valence-corrected chi connectivity index (χ4v) is 4.85. The minimum Gasteiger partial charge on any atom is -0.374 e. The van der Waals surface area contributed by atoms with Gasteiger partial charge in [0.2, 0.25) is 0 Å². The SMILES string of the molecule is CNc1c(-c2cccc(C(=O)NCC(F)(F)F)c2Cl)c2c(C3CCNCC3)nccc2n1C. The van der Waals surface area contributed by atoms with Gasteiger partial charge in [-0.05, 0) is 38.1 Å². The molecule has 3 heterocycles. The summed E-state index contributed by atoms with van der Waals surface area (Å²) in [6, 6.07) is 6.76. The van der Waals surface area contributed by atoms with Crippen molar-refractivity contribution in [2.75, 3.05) is 32.0 Å². The lowest BCUT2D eigenvalue weighted by molar-refractivity contribution is -0.123. The smallest absolute Gasteiger partial charge is 0.374 e. The van der Waals surface area contributed by atoms with Crippen LogP contribution >= 0.6 is 11.6 Å². The molecule has 0 bridgehead atoms. The molecule has 1 saturated heterocycles. The molecule has 1 aliphatic rings. The molecule has 0 saturated carbocycles. The van der Waals surface area contributed by atoms with E-state index >= 15 is 0 Å². The number of carbonyl (C=O) groups is 1. The van der Waals surface area contributed by atoms with Crippen molar-refractivity contribution in [1.29, 1.82) is 0 Å². The number of nitrogens with one attached hydrogen (secondary N) is 3. The summed E-state index contributed by atoms with van der Waals surface area (Å²) in [6.45, 7) is 0.380. The number of halogens is 4. The molecule has 1 aliphatic heterocycles. The van der Waals surface area contributed by atoms with E-state index in [1.807, 2.05) is 23.0 Å². The molecule has 3 aromatic rings. The highest BCUT2D eigenvalue weighted by Crippen LogP contribution is 2.45. The number of piperidine rings is 1. The van der Waals surface area contributed by atoms with Gasteiger partial charge in [0.25, 0.3) is 5.91 Å². The second-order valence-corrected chi connectivity index (χ2v) is 8.49. The highest BCUT2D eigenvalue weighted by atomic mass is 35.5. The average Bonchev–Trinajstić information content (AvgIpc) is 3.09. The van der Waals surface area contributed by atoms with E-state index in [0.29, 0.717) is 5.56 Å². The third kappa shape index (κ3) is 4.52. The molecular formula is C23H25ClF3N5O. The van der Waals surface area contributed by atoms with E-state index in [4.69, 9.17) is 16.6 Å². The molecule has 33 heavy (non-hydrogen) atoms. The third-order valence-electron chi connectivity index (χ3n) is 6.07. The fourth-order valence-electron chi connectivity index (χ4n) is 4.55. The number of rotatable bonds is 5. The highest BCUT2D eigenvalue weighted by molar-refractivity contribution is 6.37.